The summed E-state index contributed by atoms with van der Waals surface area (Å²) in [6.07, 6.45) is -10.3. The van der Waals surface area contributed by atoms with E-state index in [-0.39, 0.29) is 27.4 Å². The van der Waals surface area contributed by atoms with Crippen LogP contribution in [0.5, 0.6) is 5.75 Å². The van der Waals surface area contributed by atoms with E-state index in [9.17, 15) is 39.6 Å². The van der Waals surface area contributed by atoms with Crippen LogP contribution in [0.2, 0.25) is 5.02 Å². The maximum atomic E-state index is 13.6. The van der Waals surface area contributed by atoms with Gasteiger partial charge in [-0.3, -0.25) is 9.10 Å². The molecule has 0 radical (unpaired) electrons. The number of rotatable bonds is 7. The Hall–Kier alpha value is -3.45. The molecule has 0 aliphatic heterocycles. The van der Waals surface area contributed by atoms with Crippen molar-refractivity contribution < 1.29 is 44.3 Å². The number of alkyl halides is 6. The summed E-state index contributed by atoms with van der Waals surface area (Å²) >= 11 is 5.88. The Morgan fingerprint density at radius 2 is 1.47 bits per heavy atom. The molecule has 0 spiro atoms. The summed E-state index contributed by atoms with van der Waals surface area (Å²) in [5.74, 6) is -1.26. The van der Waals surface area contributed by atoms with Crippen LogP contribution >= 0.6 is 11.6 Å². The fourth-order valence-electron chi connectivity index (χ4n) is 3.38. The van der Waals surface area contributed by atoms with Gasteiger partial charge in [-0.15, -0.1) is 0 Å². The van der Waals surface area contributed by atoms with Crippen LogP contribution in [0.1, 0.15) is 16.7 Å². The van der Waals surface area contributed by atoms with Gasteiger partial charge in [0.1, 0.15) is 17.2 Å². The molecule has 3 aromatic carbocycles. The molecular formula is C24H19ClF6N2O4S. The quantitative estimate of drug-likeness (QED) is 0.323. The number of carbonyl (C=O) groups is 1. The summed E-state index contributed by atoms with van der Waals surface area (Å²) in [4.78, 5) is 12.5. The molecule has 1 N–H and O–H groups in total. The molecule has 0 saturated carbocycles. The maximum absolute atomic E-state index is 13.6. The number of hydrogen-bond donors (Lipinski definition) is 1. The van der Waals surface area contributed by atoms with Gasteiger partial charge < -0.3 is 10.1 Å². The van der Waals surface area contributed by atoms with Gasteiger partial charge in [-0.1, -0.05) is 17.7 Å². The van der Waals surface area contributed by atoms with E-state index in [1.807, 2.05) is 5.32 Å². The van der Waals surface area contributed by atoms with Crippen molar-refractivity contribution in [2.75, 3.05) is 23.3 Å². The first-order valence-corrected chi connectivity index (χ1v) is 12.4. The fraction of sp³-hybridized carbons (Fsp3) is 0.208. The van der Waals surface area contributed by atoms with Crippen LogP contribution in [0, 0.1) is 6.92 Å². The van der Waals surface area contributed by atoms with Crippen LogP contribution in [0.3, 0.4) is 0 Å². The molecule has 0 heterocycles. The highest BCUT2D eigenvalue weighted by atomic mass is 35.5. The molecule has 0 aromatic heterocycles. The second kappa shape index (κ2) is 10.7. The van der Waals surface area contributed by atoms with E-state index in [0.717, 1.165) is 0 Å². The number of benzene rings is 3. The van der Waals surface area contributed by atoms with Crippen molar-refractivity contribution in [3.8, 4) is 5.75 Å². The van der Waals surface area contributed by atoms with Crippen molar-refractivity contribution >= 4 is 38.9 Å². The van der Waals surface area contributed by atoms with E-state index in [1.165, 1.54) is 43.5 Å². The summed E-state index contributed by atoms with van der Waals surface area (Å²) in [7, 11) is -3.31. The van der Waals surface area contributed by atoms with Gasteiger partial charge in [-0.2, -0.15) is 26.3 Å². The number of amides is 1. The Morgan fingerprint density at radius 1 is 0.921 bits per heavy atom. The molecule has 38 heavy (non-hydrogen) atoms. The Labute approximate surface area is 218 Å². The first-order chi connectivity index (χ1) is 17.5. The van der Waals surface area contributed by atoms with Crippen molar-refractivity contribution in [3.63, 3.8) is 0 Å². The number of ether oxygens (including phenoxy) is 1. The van der Waals surface area contributed by atoms with Crippen molar-refractivity contribution in [1.29, 1.82) is 0 Å². The van der Waals surface area contributed by atoms with Crippen molar-refractivity contribution in [2.24, 2.45) is 0 Å². The summed E-state index contributed by atoms with van der Waals surface area (Å²) < 4.78 is 112. The molecule has 0 unspecified atom stereocenters. The van der Waals surface area contributed by atoms with Gasteiger partial charge in [0.25, 0.3) is 10.0 Å². The van der Waals surface area contributed by atoms with Crippen molar-refractivity contribution in [1.82, 2.24) is 0 Å². The normalized spacial score (nSPS) is 12.2. The number of sulfonamides is 1. The number of nitrogens with zero attached hydrogens (tertiary/aromatic N) is 1. The molecule has 6 nitrogen and oxygen atoms in total. The molecule has 0 fully saturated rings. The number of halogens is 7. The van der Waals surface area contributed by atoms with E-state index in [2.05, 4.69) is 0 Å². The third-order valence-electron chi connectivity index (χ3n) is 5.16. The minimum Gasteiger partial charge on any atom is -0.495 e. The zero-order valence-corrected chi connectivity index (χ0v) is 21.2. The molecular weight excluding hydrogens is 562 g/mol. The van der Waals surface area contributed by atoms with Gasteiger partial charge in [0.2, 0.25) is 5.91 Å². The Morgan fingerprint density at radius 3 is 1.97 bits per heavy atom. The number of methoxy groups -OCH3 is 1. The molecule has 0 bridgehead atoms. The SMILES string of the molecule is COc1ccc(C)cc1S(=O)(=O)N(CC(=O)Nc1cc(C(F)(F)F)cc(C(F)(F)F)c1)c1ccc(Cl)cc1. The zero-order chi connectivity index (χ0) is 28.5. The predicted molar refractivity (Wildman–Crippen MR) is 129 cm³/mol. The van der Waals surface area contributed by atoms with E-state index in [0.29, 0.717) is 22.0 Å². The maximum Gasteiger partial charge on any atom is 0.416 e. The minimum atomic E-state index is -5.14. The summed E-state index contributed by atoms with van der Waals surface area (Å²) in [6.45, 7) is 0.613. The second-order valence-corrected chi connectivity index (χ2v) is 10.3. The first-order valence-electron chi connectivity index (χ1n) is 10.5. The largest absolute Gasteiger partial charge is 0.495 e. The van der Waals surface area contributed by atoms with Crippen LogP contribution in [0.4, 0.5) is 37.7 Å². The standard InChI is InChI=1S/C24H19ClF6N2O4S/c1-14-3-8-20(37-2)21(9-14)38(35,36)33(19-6-4-17(25)5-7-19)13-22(34)32-18-11-15(23(26,27)28)10-16(12-18)24(29,30)31/h3-12H,13H2,1-2H3,(H,32,34). The highest BCUT2D eigenvalue weighted by molar-refractivity contribution is 7.93. The van der Waals surface area contributed by atoms with Gasteiger partial charge in [-0.25, -0.2) is 8.42 Å². The number of carbonyl (C=O) groups excluding carboxylic acids is 1. The van der Waals surface area contributed by atoms with Gasteiger partial charge >= 0.3 is 12.4 Å². The van der Waals surface area contributed by atoms with Crippen LogP contribution in [-0.2, 0) is 27.2 Å². The van der Waals surface area contributed by atoms with Gasteiger partial charge in [-0.05, 0) is 67.1 Å². The molecule has 3 rings (SSSR count). The molecule has 0 aliphatic carbocycles. The number of anilines is 2. The molecule has 1 amide bonds. The Kier molecular flexibility index (Phi) is 8.22. The minimum absolute atomic E-state index is 0.0480. The van der Waals surface area contributed by atoms with Crippen molar-refractivity contribution in [3.05, 3.63) is 82.4 Å². The summed E-state index contributed by atoms with van der Waals surface area (Å²) in [5, 5.41) is 2.18. The van der Waals surface area contributed by atoms with E-state index < -0.39 is 51.6 Å². The lowest BCUT2D eigenvalue weighted by atomic mass is 10.1. The third kappa shape index (κ3) is 6.70. The monoisotopic (exact) mass is 580 g/mol. The molecule has 204 valence electrons. The summed E-state index contributed by atoms with van der Waals surface area (Å²) in [6, 6.07) is 10.0. The van der Waals surface area contributed by atoms with Crippen LogP contribution in [0.25, 0.3) is 0 Å². The van der Waals surface area contributed by atoms with Gasteiger partial charge in [0.15, 0.2) is 0 Å². The third-order valence-corrected chi connectivity index (χ3v) is 7.21. The van der Waals surface area contributed by atoms with Crippen LogP contribution < -0.4 is 14.4 Å². The lowest BCUT2D eigenvalue weighted by molar-refractivity contribution is -0.143. The second-order valence-electron chi connectivity index (χ2n) is 7.99. The predicted octanol–water partition coefficient (Wildman–Crippen LogP) is 6.53. The topological polar surface area (TPSA) is 75.7 Å². The van der Waals surface area contributed by atoms with Crippen LogP contribution in [0.15, 0.2) is 65.6 Å². The highest BCUT2D eigenvalue weighted by Crippen LogP contribution is 2.38. The molecule has 0 aliphatic rings. The van der Waals surface area contributed by atoms with Crippen molar-refractivity contribution in [2.45, 2.75) is 24.2 Å². The molecule has 3 aromatic rings. The molecule has 14 heteroatoms. The lowest BCUT2D eigenvalue weighted by Crippen LogP contribution is -2.38. The highest BCUT2D eigenvalue weighted by Gasteiger charge is 2.37. The Bertz CT molecular complexity index is 1410. The number of aryl methyl sites for hydroxylation is 1. The average molecular weight is 581 g/mol. The molecule has 0 atom stereocenters. The van der Waals surface area contributed by atoms with E-state index >= 15 is 0 Å². The smallest absolute Gasteiger partial charge is 0.416 e. The number of hydrogen-bond acceptors (Lipinski definition) is 4. The van der Waals surface area contributed by atoms with Gasteiger partial charge in [0.05, 0.1) is 23.9 Å². The van der Waals surface area contributed by atoms with E-state index in [4.69, 9.17) is 16.3 Å². The fourth-order valence-corrected chi connectivity index (χ4v) is 5.17. The lowest BCUT2D eigenvalue weighted by Gasteiger charge is -2.25. The first kappa shape index (κ1) is 29.1. The average Bonchev–Trinajstić information content (AvgIpc) is 2.82. The Balaban J connectivity index is 2.05. The zero-order valence-electron chi connectivity index (χ0n) is 19.6. The molecule has 0 saturated heterocycles. The van der Waals surface area contributed by atoms with Gasteiger partial charge in [0, 0.05) is 10.7 Å². The van der Waals surface area contributed by atoms with Crippen LogP contribution in [-0.4, -0.2) is 28.0 Å². The number of nitrogens with one attached hydrogen (secondary N) is 1. The summed E-state index contributed by atoms with van der Waals surface area (Å²) in [5.41, 5.74) is -3.62. The van der Waals surface area contributed by atoms with E-state index in [1.54, 1.807) is 13.0 Å².